The fourth-order valence-corrected chi connectivity index (χ4v) is 2.71. The van der Waals surface area contributed by atoms with Crippen molar-refractivity contribution in [3.8, 4) is 0 Å². The molecule has 1 unspecified atom stereocenters. The minimum Gasteiger partial charge on any atom is -0.478 e. The first-order valence-corrected chi connectivity index (χ1v) is 6.48. The smallest absolute Gasteiger partial charge is 0.335 e. The van der Waals surface area contributed by atoms with Crippen molar-refractivity contribution in [2.45, 2.75) is 25.4 Å². The lowest BCUT2D eigenvalue weighted by Gasteiger charge is -2.29. The molecule has 0 aromatic heterocycles. The minimum absolute atomic E-state index is 0.103. The minimum atomic E-state index is -1.07. The Balaban J connectivity index is 1.88. The number of aromatic carboxylic acids is 1. The molecular weight excluding hydrogens is 276 g/mol. The Bertz CT molecular complexity index is 682. The molecule has 0 radical (unpaired) electrons. The lowest BCUT2D eigenvalue weighted by molar-refractivity contribution is -0.136. The molecule has 0 saturated carbocycles. The zero-order valence-corrected chi connectivity index (χ0v) is 11.0. The first kappa shape index (κ1) is 13.3. The van der Waals surface area contributed by atoms with Crippen LogP contribution in [-0.4, -0.2) is 39.7 Å². The van der Waals surface area contributed by atoms with E-state index in [9.17, 15) is 19.2 Å². The van der Waals surface area contributed by atoms with Crippen LogP contribution >= 0.6 is 0 Å². The summed E-state index contributed by atoms with van der Waals surface area (Å²) in [7, 11) is 0. The van der Waals surface area contributed by atoms with Crippen molar-refractivity contribution < 1.29 is 24.3 Å². The Labute approximate surface area is 119 Å². The molecule has 2 heterocycles. The van der Waals surface area contributed by atoms with Crippen LogP contribution in [0.3, 0.4) is 0 Å². The molecule has 1 fully saturated rings. The van der Waals surface area contributed by atoms with Crippen LogP contribution in [0.1, 0.15) is 39.1 Å². The standard InChI is InChI=1S/C14H12N2O5/c17-11-4-3-10(12(18)15-11)16-6-8-5-7(14(20)21)1-2-9(8)13(16)19/h1-2,5,10H,3-4,6H2,(H,20,21)(H,15,17,18). The Morgan fingerprint density at radius 3 is 2.71 bits per heavy atom. The Kier molecular flexibility index (Phi) is 2.97. The number of imide groups is 1. The number of nitrogens with one attached hydrogen (secondary N) is 1. The van der Waals surface area contributed by atoms with E-state index in [4.69, 9.17) is 5.11 Å². The van der Waals surface area contributed by atoms with Gasteiger partial charge in [-0.2, -0.15) is 0 Å². The number of piperidine rings is 1. The summed E-state index contributed by atoms with van der Waals surface area (Å²) in [6, 6.07) is 3.59. The normalized spacial score (nSPS) is 21.2. The second kappa shape index (κ2) is 4.69. The van der Waals surface area contributed by atoms with Gasteiger partial charge in [0.2, 0.25) is 11.8 Å². The molecule has 1 aromatic carbocycles. The predicted octanol–water partition coefficient (Wildman–Crippen LogP) is 0.146. The third-order valence-electron chi connectivity index (χ3n) is 3.77. The van der Waals surface area contributed by atoms with Crippen molar-refractivity contribution in [3.63, 3.8) is 0 Å². The van der Waals surface area contributed by atoms with Gasteiger partial charge in [-0.05, 0) is 30.2 Å². The van der Waals surface area contributed by atoms with Gasteiger partial charge in [-0.3, -0.25) is 19.7 Å². The van der Waals surface area contributed by atoms with Crippen LogP contribution in [0.5, 0.6) is 0 Å². The van der Waals surface area contributed by atoms with E-state index in [0.29, 0.717) is 11.1 Å². The Morgan fingerprint density at radius 1 is 1.29 bits per heavy atom. The number of carboxylic acids is 1. The second-order valence-corrected chi connectivity index (χ2v) is 5.08. The number of carbonyl (C=O) groups excluding carboxylic acids is 3. The number of fused-ring (bicyclic) bond motifs is 1. The van der Waals surface area contributed by atoms with Crippen LogP contribution in [0.4, 0.5) is 0 Å². The van der Waals surface area contributed by atoms with Crippen LogP contribution in [0.15, 0.2) is 18.2 Å². The maximum absolute atomic E-state index is 12.3. The molecular formula is C14H12N2O5. The van der Waals surface area contributed by atoms with Gasteiger partial charge in [-0.15, -0.1) is 0 Å². The lowest BCUT2D eigenvalue weighted by atomic mass is 10.0. The maximum Gasteiger partial charge on any atom is 0.335 e. The van der Waals surface area contributed by atoms with Gasteiger partial charge >= 0.3 is 5.97 Å². The van der Waals surface area contributed by atoms with Gasteiger partial charge in [-0.25, -0.2) is 4.79 Å². The molecule has 0 spiro atoms. The van der Waals surface area contributed by atoms with Crippen LogP contribution < -0.4 is 5.32 Å². The molecule has 2 aliphatic rings. The largest absolute Gasteiger partial charge is 0.478 e. The zero-order valence-electron chi connectivity index (χ0n) is 11.0. The molecule has 1 atom stereocenters. The van der Waals surface area contributed by atoms with E-state index >= 15 is 0 Å². The zero-order chi connectivity index (χ0) is 15.1. The first-order valence-electron chi connectivity index (χ1n) is 6.48. The fourth-order valence-electron chi connectivity index (χ4n) is 2.71. The van der Waals surface area contributed by atoms with Gasteiger partial charge in [0.1, 0.15) is 6.04 Å². The molecule has 0 aliphatic carbocycles. The Hall–Kier alpha value is -2.70. The summed E-state index contributed by atoms with van der Waals surface area (Å²) in [5.74, 6) is -2.19. The summed E-state index contributed by atoms with van der Waals surface area (Å²) >= 11 is 0. The summed E-state index contributed by atoms with van der Waals surface area (Å²) in [4.78, 5) is 47.7. The van der Waals surface area contributed by atoms with Crippen molar-refractivity contribution >= 4 is 23.7 Å². The maximum atomic E-state index is 12.3. The first-order chi connectivity index (χ1) is 9.97. The summed E-state index contributed by atoms with van der Waals surface area (Å²) in [5.41, 5.74) is 1.10. The second-order valence-electron chi connectivity index (χ2n) is 5.08. The molecule has 7 heteroatoms. The van der Waals surface area contributed by atoms with Crippen molar-refractivity contribution in [2.75, 3.05) is 0 Å². The Morgan fingerprint density at radius 2 is 2.05 bits per heavy atom. The number of nitrogens with zero attached hydrogens (tertiary/aromatic N) is 1. The number of hydrogen-bond donors (Lipinski definition) is 2. The number of carboxylic acid groups (broad SMARTS) is 1. The molecule has 7 nitrogen and oxygen atoms in total. The predicted molar refractivity (Wildman–Crippen MR) is 69.4 cm³/mol. The number of amides is 3. The van der Waals surface area contributed by atoms with Gasteiger partial charge in [0, 0.05) is 18.5 Å². The topological polar surface area (TPSA) is 104 Å². The van der Waals surface area contributed by atoms with Gasteiger partial charge in [0.25, 0.3) is 5.91 Å². The van der Waals surface area contributed by atoms with Gasteiger partial charge in [-0.1, -0.05) is 0 Å². The molecule has 0 bridgehead atoms. The number of hydrogen-bond acceptors (Lipinski definition) is 4. The van der Waals surface area contributed by atoms with Gasteiger partial charge < -0.3 is 10.0 Å². The van der Waals surface area contributed by atoms with Crippen LogP contribution in [0.25, 0.3) is 0 Å². The third-order valence-corrected chi connectivity index (χ3v) is 3.77. The van der Waals surface area contributed by atoms with Crippen LogP contribution in [0.2, 0.25) is 0 Å². The average molecular weight is 288 g/mol. The summed E-state index contributed by atoms with van der Waals surface area (Å²) in [6.07, 6.45) is 0.479. The van der Waals surface area contributed by atoms with Crippen LogP contribution in [-0.2, 0) is 16.1 Å². The molecule has 21 heavy (non-hydrogen) atoms. The molecule has 3 amide bonds. The summed E-state index contributed by atoms with van der Waals surface area (Å²) in [5, 5.41) is 11.2. The van der Waals surface area contributed by atoms with Crippen molar-refractivity contribution in [1.82, 2.24) is 10.2 Å². The highest BCUT2D eigenvalue weighted by molar-refractivity contribution is 6.05. The van der Waals surface area contributed by atoms with Crippen molar-refractivity contribution in [3.05, 3.63) is 34.9 Å². The molecule has 2 aliphatic heterocycles. The average Bonchev–Trinajstić information content (AvgIpc) is 2.75. The van der Waals surface area contributed by atoms with E-state index in [1.807, 2.05) is 0 Å². The highest BCUT2D eigenvalue weighted by Crippen LogP contribution is 2.28. The molecule has 2 N–H and O–H groups in total. The highest BCUT2D eigenvalue weighted by Gasteiger charge is 2.39. The van der Waals surface area contributed by atoms with E-state index in [-0.39, 0.29) is 36.8 Å². The summed E-state index contributed by atoms with van der Waals surface area (Å²) in [6.45, 7) is 0.182. The van der Waals surface area contributed by atoms with E-state index < -0.39 is 17.9 Å². The van der Waals surface area contributed by atoms with Crippen molar-refractivity contribution in [1.29, 1.82) is 0 Å². The third kappa shape index (κ3) is 2.16. The van der Waals surface area contributed by atoms with E-state index in [0.717, 1.165) is 0 Å². The monoisotopic (exact) mass is 288 g/mol. The molecule has 1 aromatic rings. The highest BCUT2D eigenvalue weighted by atomic mass is 16.4. The van der Waals surface area contributed by atoms with Gasteiger partial charge in [0.05, 0.1) is 5.56 Å². The van der Waals surface area contributed by atoms with Crippen LogP contribution in [0, 0.1) is 0 Å². The van der Waals surface area contributed by atoms with E-state index in [2.05, 4.69) is 5.32 Å². The molecule has 1 saturated heterocycles. The molecule has 3 rings (SSSR count). The number of benzene rings is 1. The number of carbonyl (C=O) groups is 4. The SMILES string of the molecule is O=C1CCC(N2Cc3cc(C(=O)O)ccc3C2=O)C(=O)N1. The molecule has 108 valence electrons. The van der Waals surface area contributed by atoms with E-state index in [1.54, 1.807) is 0 Å². The van der Waals surface area contributed by atoms with Crippen molar-refractivity contribution in [2.24, 2.45) is 0 Å². The van der Waals surface area contributed by atoms with E-state index in [1.165, 1.54) is 23.1 Å². The number of rotatable bonds is 2. The fraction of sp³-hybridized carbons (Fsp3) is 0.286. The quantitative estimate of drug-likeness (QED) is 0.754. The summed E-state index contributed by atoms with van der Waals surface area (Å²) < 4.78 is 0. The van der Waals surface area contributed by atoms with Gasteiger partial charge in [0.15, 0.2) is 0 Å². The lowest BCUT2D eigenvalue weighted by Crippen LogP contribution is -2.52.